The lowest BCUT2D eigenvalue weighted by Crippen LogP contribution is -2.17. The van der Waals surface area contributed by atoms with E-state index in [1.807, 2.05) is 6.07 Å². The number of benzene rings is 1. The number of carbonyl (C=O) groups is 1. The summed E-state index contributed by atoms with van der Waals surface area (Å²) in [5.74, 6) is -0.649. The number of hydrogen-bond donors (Lipinski definition) is 2. The number of nitrogens with one attached hydrogen (secondary N) is 1. The highest BCUT2D eigenvalue weighted by Gasteiger charge is 2.19. The van der Waals surface area contributed by atoms with Gasteiger partial charge in [0.05, 0.1) is 10.6 Å². The standard InChI is InChI=1S/C15H13FN2OS2/c16-9-4-5-11(10(7-9)14(17)20)18-15(19)13-6-8-2-1-3-12(8)21-13/h4-7H,1-3H2,(H2,17,20)(H,18,19). The summed E-state index contributed by atoms with van der Waals surface area (Å²) < 4.78 is 13.3. The Morgan fingerprint density at radius 1 is 1.33 bits per heavy atom. The first-order valence-electron chi connectivity index (χ1n) is 6.57. The van der Waals surface area contributed by atoms with Gasteiger partial charge in [0.25, 0.3) is 5.91 Å². The van der Waals surface area contributed by atoms with Gasteiger partial charge in [0.1, 0.15) is 10.8 Å². The van der Waals surface area contributed by atoms with E-state index in [1.54, 1.807) is 0 Å². The summed E-state index contributed by atoms with van der Waals surface area (Å²) in [5, 5.41) is 2.76. The van der Waals surface area contributed by atoms with Gasteiger partial charge in [-0.05, 0) is 49.1 Å². The molecular formula is C15H13FN2OS2. The van der Waals surface area contributed by atoms with Crippen molar-refractivity contribution in [1.29, 1.82) is 0 Å². The summed E-state index contributed by atoms with van der Waals surface area (Å²) in [4.78, 5) is 14.3. The van der Waals surface area contributed by atoms with Crippen molar-refractivity contribution in [2.24, 2.45) is 5.73 Å². The lowest BCUT2D eigenvalue weighted by Gasteiger charge is -2.09. The Morgan fingerprint density at radius 3 is 2.86 bits per heavy atom. The number of rotatable bonds is 3. The summed E-state index contributed by atoms with van der Waals surface area (Å²) in [7, 11) is 0. The highest BCUT2D eigenvalue weighted by atomic mass is 32.1. The number of carbonyl (C=O) groups excluding carboxylic acids is 1. The molecule has 3 N–H and O–H groups in total. The molecule has 0 unspecified atom stereocenters. The molecule has 0 saturated carbocycles. The fraction of sp³-hybridized carbons (Fsp3) is 0.200. The zero-order valence-corrected chi connectivity index (χ0v) is 12.7. The van der Waals surface area contributed by atoms with E-state index >= 15 is 0 Å². The number of halogens is 1. The summed E-state index contributed by atoms with van der Waals surface area (Å²) >= 11 is 6.41. The first-order valence-corrected chi connectivity index (χ1v) is 7.79. The summed E-state index contributed by atoms with van der Waals surface area (Å²) in [6.45, 7) is 0. The van der Waals surface area contributed by atoms with Gasteiger partial charge in [0.2, 0.25) is 0 Å². The van der Waals surface area contributed by atoms with Crippen LogP contribution in [0.3, 0.4) is 0 Å². The van der Waals surface area contributed by atoms with Crippen molar-refractivity contribution in [3.63, 3.8) is 0 Å². The number of hydrogen-bond acceptors (Lipinski definition) is 3. The SMILES string of the molecule is NC(=S)c1cc(F)ccc1NC(=O)c1cc2c(s1)CCC2. The monoisotopic (exact) mass is 320 g/mol. The normalized spacial score (nSPS) is 13.0. The second-order valence-electron chi connectivity index (χ2n) is 4.92. The van der Waals surface area contributed by atoms with Gasteiger partial charge in [-0.3, -0.25) is 4.79 Å². The second-order valence-corrected chi connectivity index (χ2v) is 6.50. The van der Waals surface area contributed by atoms with Crippen molar-refractivity contribution in [2.75, 3.05) is 5.32 Å². The van der Waals surface area contributed by atoms with Crippen LogP contribution in [0.15, 0.2) is 24.3 Å². The predicted octanol–water partition coefficient (Wildman–Crippen LogP) is 3.26. The molecule has 0 spiro atoms. The van der Waals surface area contributed by atoms with E-state index in [2.05, 4.69) is 5.32 Å². The molecule has 6 heteroatoms. The van der Waals surface area contributed by atoms with Crippen LogP contribution in [0, 0.1) is 5.82 Å². The van der Waals surface area contributed by atoms with Gasteiger partial charge in [-0.1, -0.05) is 12.2 Å². The molecule has 1 aromatic heterocycles. The Kier molecular flexibility index (Phi) is 3.73. The molecule has 21 heavy (non-hydrogen) atoms. The van der Waals surface area contributed by atoms with Crippen molar-refractivity contribution < 1.29 is 9.18 Å². The van der Waals surface area contributed by atoms with E-state index in [1.165, 1.54) is 40.0 Å². The van der Waals surface area contributed by atoms with Gasteiger partial charge < -0.3 is 11.1 Å². The number of fused-ring (bicyclic) bond motifs is 1. The average molecular weight is 320 g/mol. The molecule has 1 aliphatic rings. The maximum atomic E-state index is 13.3. The molecule has 0 bridgehead atoms. The van der Waals surface area contributed by atoms with Gasteiger partial charge in [-0.15, -0.1) is 11.3 Å². The highest BCUT2D eigenvalue weighted by Crippen LogP contribution is 2.31. The topological polar surface area (TPSA) is 55.1 Å². The third kappa shape index (κ3) is 2.82. The molecule has 0 radical (unpaired) electrons. The molecule has 0 fully saturated rings. The first-order chi connectivity index (χ1) is 10.0. The second kappa shape index (κ2) is 5.54. The van der Waals surface area contributed by atoms with E-state index in [4.69, 9.17) is 18.0 Å². The van der Waals surface area contributed by atoms with E-state index in [-0.39, 0.29) is 10.9 Å². The minimum absolute atomic E-state index is 0.0541. The quantitative estimate of drug-likeness (QED) is 0.854. The molecule has 1 amide bonds. The van der Waals surface area contributed by atoms with Crippen LogP contribution in [0.4, 0.5) is 10.1 Å². The van der Waals surface area contributed by atoms with Crippen LogP contribution < -0.4 is 11.1 Å². The Balaban J connectivity index is 1.86. The highest BCUT2D eigenvalue weighted by molar-refractivity contribution is 7.80. The van der Waals surface area contributed by atoms with Crippen LogP contribution in [0.25, 0.3) is 0 Å². The molecule has 1 aromatic carbocycles. The van der Waals surface area contributed by atoms with Crippen LogP contribution >= 0.6 is 23.6 Å². The Bertz CT molecular complexity index is 718. The molecule has 2 aromatic rings. The summed E-state index contributed by atoms with van der Waals surface area (Å²) in [5.41, 5.74) is 7.60. The molecule has 3 rings (SSSR count). The van der Waals surface area contributed by atoms with Gasteiger partial charge in [-0.2, -0.15) is 0 Å². The minimum atomic E-state index is -0.439. The predicted molar refractivity (Wildman–Crippen MR) is 86.6 cm³/mol. The number of thiophene rings is 1. The van der Waals surface area contributed by atoms with Crippen molar-refractivity contribution in [3.05, 3.63) is 51.0 Å². The van der Waals surface area contributed by atoms with Gasteiger partial charge >= 0.3 is 0 Å². The van der Waals surface area contributed by atoms with Crippen molar-refractivity contribution in [1.82, 2.24) is 0 Å². The zero-order chi connectivity index (χ0) is 15.0. The number of aryl methyl sites for hydroxylation is 2. The van der Waals surface area contributed by atoms with Crippen LogP contribution in [0.5, 0.6) is 0 Å². The number of thiocarbonyl (C=S) groups is 1. The zero-order valence-electron chi connectivity index (χ0n) is 11.1. The molecule has 108 valence electrons. The van der Waals surface area contributed by atoms with Crippen molar-refractivity contribution >= 4 is 40.1 Å². The van der Waals surface area contributed by atoms with Crippen molar-refractivity contribution in [3.8, 4) is 0 Å². The lowest BCUT2D eigenvalue weighted by molar-refractivity contribution is 0.103. The van der Waals surface area contributed by atoms with E-state index in [0.29, 0.717) is 16.1 Å². The lowest BCUT2D eigenvalue weighted by atomic mass is 10.1. The van der Waals surface area contributed by atoms with E-state index in [9.17, 15) is 9.18 Å². The molecular weight excluding hydrogens is 307 g/mol. The molecule has 0 saturated heterocycles. The minimum Gasteiger partial charge on any atom is -0.389 e. The van der Waals surface area contributed by atoms with Crippen LogP contribution in [-0.4, -0.2) is 10.9 Å². The summed E-state index contributed by atoms with van der Waals surface area (Å²) in [6, 6.07) is 5.91. The molecule has 0 aliphatic heterocycles. The third-order valence-corrected chi connectivity index (χ3v) is 4.92. The molecule has 0 atom stereocenters. The first kappa shape index (κ1) is 14.2. The van der Waals surface area contributed by atoms with Gasteiger partial charge in [0.15, 0.2) is 0 Å². The third-order valence-electron chi connectivity index (χ3n) is 3.47. The smallest absolute Gasteiger partial charge is 0.265 e. The maximum absolute atomic E-state index is 13.3. The Morgan fingerprint density at radius 2 is 2.14 bits per heavy atom. The molecule has 1 heterocycles. The average Bonchev–Trinajstić information content (AvgIpc) is 3.01. The number of amides is 1. The van der Waals surface area contributed by atoms with Crippen LogP contribution in [0.2, 0.25) is 0 Å². The number of anilines is 1. The maximum Gasteiger partial charge on any atom is 0.265 e. The van der Waals surface area contributed by atoms with Crippen LogP contribution in [-0.2, 0) is 12.8 Å². The Hall–Kier alpha value is -1.79. The fourth-order valence-electron chi connectivity index (χ4n) is 2.45. The fourth-order valence-corrected chi connectivity index (χ4v) is 3.77. The van der Waals surface area contributed by atoms with Crippen molar-refractivity contribution in [2.45, 2.75) is 19.3 Å². The van der Waals surface area contributed by atoms with E-state index in [0.717, 1.165) is 19.3 Å². The molecule has 1 aliphatic carbocycles. The Labute approximate surface area is 131 Å². The number of nitrogens with two attached hydrogens (primary N) is 1. The van der Waals surface area contributed by atoms with Crippen LogP contribution in [0.1, 0.15) is 32.1 Å². The molecule has 3 nitrogen and oxygen atoms in total. The van der Waals surface area contributed by atoms with Gasteiger partial charge in [-0.25, -0.2) is 4.39 Å². The summed E-state index contributed by atoms with van der Waals surface area (Å²) in [6.07, 6.45) is 3.24. The van der Waals surface area contributed by atoms with Gasteiger partial charge in [0, 0.05) is 10.4 Å². The van der Waals surface area contributed by atoms with E-state index < -0.39 is 5.82 Å². The largest absolute Gasteiger partial charge is 0.389 e.